The Morgan fingerprint density at radius 1 is 1.78 bits per heavy atom. The molecule has 0 amide bonds. The molecule has 9 heavy (non-hydrogen) atoms. The third-order valence-corrected chi connectivity index (χ3v) is 1.15. The van der Waals surface area contributed by atoms with Crippen molar-refractivity contribution in [1.29, 1.82) is 0 Å². The van der Waals surface area contributed by atoms with Crippen LogP contribution in [0.25, 0.3) is 0 Å². The van der Waals surface area contributed by atoms with E-state index < -0.39 is 0 Å². The molecule has 0 heteroatoms. The molecule has 0 heterocycles. The molecule has 0 aromatic carbocycles. The fourth-order valence-electron chi connectivity index (χ4n) is 0.557. The summed E-state index contributed by atoms with van der Waals surface area (Å²) in [6.45, 7) is 5.56. The molecule has 0 aliphatic rings. The Morgan fingerprint density at radius 2 is 2.44 bits per heavy atom. The first kappa shape index (κ1) is 8.04. The van der Waals surface area contributed by atoms with Crippen molar-refractivity contribution in [2.24, 2.45) is 0 Å². The smallest absolute Gasteiger partial charge is 0.00220 e. The van der Waals surface area contributed by atoms with Crippen LogP contribution in [0, 0.1) is 12.3 Å². The highest BCUT2D eigenvalue weighted by Crippen LogP contribution is 2.02. The third-order valence-electron chi connectivity index (χ3n) is 1.15. The van der Waals surface area contributed by atoms with Gasteiger partial charge in [0.15, 0.2) is 0 Å². The maximum atomic E-state index is 5.17. The maximum absolute atomic E-state index is 5.17. The van der Waals surface area contributed by atoms with Crippen molar-refractivity contribution in [3.8, 4) is 12.3 Å². The van der Waals surface area contributed by atoms with Crippen LogP contribution in [0.15, 0.2) is 24.3 Å². The summed E-state index contributed by atoms with van der Waals surface area (Å²) >= 11 is 0. The summed E-state index contributed by atoms with van der Waals surface area (Å²) in [5.74, 6) is 2.60. The van der Waals surface area contributed by atoms with Crippen LogP contribution in [0.1, 0.15) is 19.8 Å². The van der Waals surface area contributed by atoms with Gasteiger partial charge in [0, 0.05) is 0 Å². The Labute approximate surface area is 57.3 Å². The van der Waals surface area contributed by atoms with E-state index in [1.165, 1.54) is 0 Å². The summed E-state index contributed by atoms with van der Waals surface area (Å²) in [6.07, 6.45) is 10.9. The van der Waals surface area contributed by atoms with Gasteiger partial charge in [0.05, 0.1) is 0 Å². The van der Waals surface area contributed by atoms with E-state index in [-0.39, 0.29) is 0 Å². The fraction of sp³-hybridized carbons (Fsp3) is 0.333. The maximum Gasteiger partial charge on any atom is -0.00220 e. The highest BCUT2D eigenvalue weighted by atomic mass is 13.9. The van der Waals surface area contributed by atoms with Crippen molar-refractivity contribution in [3.05, 3.63) is 24.3 Å². The highest BCUT2D eigenvalue weighted by molar-refractivity contribution is 5.24. The summed E-state index contributed by atoms with van der Waals surface area (Å²) in [4.78, 5) is 0. The van der Waals surface area contributed by atoms with Gasteiger partial charge in [-0.3, -0.25) is 0 Å². The van der Waals surface area contributed by atoms with Crippen LogP contribution in [0.2, 0.25) is 0 Å². The van der Waals surface area contributed by atoms with E-state index >= 15 is 0 Å². The molecule has 0 atom stereocenters. The second-order valence-electron chi connectivity index (χ2n) is 1.79. The Bertz CT molecular complexity index is 144. The zero-order chi connectivity index (χ0) is 7.11. The lowest BCUT2D eigenvalue weighted by molar-refractivity contribution is 1.02. The largest absolute Gasteiger partial charge is 0.115 e. The van der Waals surface area contributed by atoms with E-state index in [1.807, 2.05) is 19.1 Å². The number of hydrogen-bond donors (Lipinski definition) is 0. The third kappa shape index (κ3) is 3.61. The van der Waals surface area contributed by atoms with Crippen LogP contribution in [-0.4, -0.2) is 0 Å². The lowest BCUT2D eigenvalue weighted by Gasteiger charge is -1.91. The summed E-state index contributed by atoms with van der Waals surface area (Å²) in [7, 11) is 0. The molecule has 0 aromatic heterocycles. The second-order valence-corrected chi connectivity index (χ2v) is 1.79. The Morgan fingerprint density at radius 3 is 2.78 bits per heavy atom. The molecule has 0 aromatic rings. The molecule has 0 radical (unpaired) electrons. The summed E-state index contributed by atoms with van der Waals surface area (Å²) < 4.78 is 0. The fourth-order valence-corrected chi connectivity index (χ4v) is 0.557. The van der Waals surface area contributed by atoms with Crippen molar-refractivity contribution in [1.82, 2.24) is 0 Å². The van der Waals surface area contributed by atoms with E-state index in [1.54, 1.807) is 0 Å². The van der Waals surface area contributed by atoms with Crippen LogP contribution in [0.4, 0.5) is 0 Å². The van der Waals surface area contributed by atoms with E-state index in [0.29, 0.717) is 0 Å². The summed E-state index contributed by atoms with van der Waals surface area (Å²) in [5, 5.41) is 0. The van der Waals surface area contributed by atoms with Crippen LogP contribution in [0.5, 0.6) is 0 Å². The van der Waals surface area contributed by atoms with Gasteiger partial charge in [-0.05, 0) is 25.3 Å². The van der Waals surface area contributed by atoms with Crippen molar-refractivity contribution in [2.75, 3.05) is 0 Å². The van der Waals surface area contributed by atoms with Gasteiger partial charge in [-0.25, -0.2) is 0 Å². The summed E-state index contributed by atoms with van der Waals surface area (Å²) in [5.41, 5.74) is 1.06. The van der Waals surface area contributed by atoms with Gasteiger partial charge in [-0.1, -0.05) is 18.1 Å². The standard InChI is InChI=1S/C9H12/c1-4-7-8-9(5-2)6-3/h2,4,6H,1,7-8H2,3H3. The first-order valence-electron chi connectivity index (χ1n) is 3.07. The van der Waals surface area contributed by atoms with E-state index in [2.05, 4.69) is 12.5 Å². The summed E-state index contributed by atoms with van der Waals surface area (Å²) in [6, 6.07) is 0. The first-order valence-corrected chi connectivity index (χ1v) is 3.07. The van der Waals surface area contributed by atoms with Gasteiger partial charge in [0.2, 0.25) is 0 Å². The topological polar surface area (TPSA) is 0 Å². The quantitative estimate of drug-likeness (QED) is 0.396. The molecule has 0 rings (SSSR count). The lowest BCUT2D eigenvalue weighted by Crippen LogP contribution is -1.75. The van der Waals surface area contributed by atoms with E-state index in [4.69, 9.17) is 6.42 Å². The zero-order valence-electron chi connectivity index (χ0n) is 5.85. The van der Waals surface area contributed by atoms with Crippen LogP contribution >= 0.6 is 0 Å². The molecule has 0 saturated carbocycles. The van der Waals surface area contributed by atoms with Gasteiger partial charge >= 0.3 is 0 Å². The molecule has 0 saturated heterocycles. The van der Waals surface area contributed by atoms with Crippen molar-refractivity contribution >= 4 is 0 Å². The monoisotopic (exact) mass is 120 g/mol. The molecule has 0 N–H and O–H groups in total. The van der Waals surface area contributed by atoms with Crippen molar-refractivity contribution < 1.29 is 0 Å². The minimum absolute atomic E-state index is 0.955. The predicted molar refractivity (Wildman–Crippen MR) is 42.0 cm³/mol. The molecule has 0 bridgehead atoms. The van der Waals surface area contributed by atoms with E-state index in [9.17, 15) is 0 Å². The molecular formula is C9H12. The molecule has 0 nitrogen and oxygen atoms in total. The number of hydrogen-bond acceptors (Lipinski definition) is 0. The van der Waals surface area contributed by atoms with Gasteiger partial charge in [0.25, 0.3) is 0 Å². The number of terminal acetylenes is 1. The molecule has 0 aliphatic heterocycles. The molecule has 48 valence electrons. The van der Waals surface area contributed by atoms with Crippen LogP contribution in [-0.2, 0) is 0 Å². The SMILES string of the molecule is C#CC(=CC)CCC=C. The first-order chi connectivity index (χ1) is 4.35. The van der Waals surface area contributed by atoms with E-state index in [0.717, 1.165) is 18.4 Å². The van der Waals surface area contributed by atoms with Crippen LogP contribution < -0.4 is 0 Å². The zero-order valence-corrected chi connectivity index (χ0v) is 5.85. The Kier molecular flexibility index (Phi) is 4.63. The van der Waals surface area contributed by atoms with Crippen molar-refractivity contribution in [3.63, 3.8) is 0 Å². The van der Waals surface area contributed by atoms with Gasteiger partial charge < -0.3 is 0 Å². The van der Waals surface area contributed by atoms with Gasteiger partial charge in [-0.2, -0.15) is 0 Å². The lowest BCUT2D eigenvalue weighted by atomic mass is 10.1. The minimum Gasteiger partial charge on any atom is -0.115 e. The molecule has 0 fully saturated rings. The molecule has 0 unspecified atom stereocenters. The Balaban J connectivity index is 3.61. The Hall–Kier alpha value is -0.960. The normalized spacial score (nSPS) is 10.4. The minimum atomic E-state index is 0.955. The highest BCUT2D eigenvalue weighted by Gasteiger charge is 1.85. The van der Waals surface area contributed by atoms with Crippen LogP contribution in [0.3, 0.4) is 0 Å². The van der Waals surface area contributed by atoms with Crippen molar-refractivity contribution in [2.45, 2.75) is 19.8 Å². The number of rotatable bonds is 3. The molecular weight excluding hydrogens is 108 g/mol. The second kappa shape index (κ2) is 5.18. The molecule has 0 spiro atoms. The predicted octanol–water partition coefficient (Wildman–Crippen LogP) is 2.53. The van der Waals surface area contributed by atoms with Gasteiger partial charge in [-0.15, -0.1) is 13.0 Å². The molecule has 0 aliphatic carbocycles. The van der Waals surface area contributed by atoms with Gasteiger partial charge in [0.1, 0.15) is 0 Å². The number of allylic oxidation sites excluding steroid dienone is 3. The average molecular weight is 120 g/mol. The average Bonchev–Trinajstić information content (AvgIpc) is 1.91.